The number of carbonyl (C=O) groups is 2. The zero-order chi connectivity index (χ0) is 21.6. The Morgan fingerprint density at radius 3 is 2.33 bits per heavy atom. The number of nitrogens with one attached hydrogen (secondary N) is 1. The lowest BCUT2D eigenvalue weighted by molar-refractivity contribution is -0.121. The van der Waals surface area contributed by atoms with Gasteiger partial charge < -0.3 is 4.74 Å². The van der Waals surface area contributed by atoms with Crippen molar-refractivity contribution in [3.63, 3.8) is 0 Å². The van der Waals surface area contributed by atoms with E-state index in [4.69, 9.17) is 4.74 Å². The number of hydrazone groups is 1. The van der Waals surface area contributed by atoms with Gasteiger partial charge in [0.2, 0.25) is 5.91 Å². The molecule has 160 valence electrons. The average Bonchev–Trinajstić information content (AvgIpc) is 2.74. The highest BCUT2D eigenvalue weighted by Crippen LogP contribution is 2.17. The van der Waals surface area contributed by atoms with Crippen molar-refractivity contribution in [2.24, 2.45) is 5.10 Å². The van der Waals surface area contributed by atoms with Crippen LogP contribution >= 0.6 is 22.6 Å². The van der Waals surface area contributed by atoms with Gasteiger partial charge in [0.05, 0.1) is 11.8 Å². The maximum atomic E-state index is 12.2. The van der Waals surface area contributed by atoms with Crippen LogP contribution < -0.4 is 10.2 Å². The Morgan fingerprint density at radius 1 is 0.967 bits per heavy atom. The van der Waals surface area contributed by atoms with Gasteiger partial charge in [0, 0.05) is 9.99 Å². The molecule has 0 aromatic heterocycles. The molecule has 0 fully saturated rings. The van der Waals surface area contributed by atoms with Crippen molar-refractivity contribution in [3.05, 3.63) is 63.2 Å². The van der Waals surface area contributed by atoms with Crippen LogP contribution in [0.1, 0.15) is 74.2 Å². The summed E-state index contributed by atoms with van der Waals surface area (Å²) < 4.78 is 6.25. The molecule has 5 nitrogen and oxygen atoms in total. The van der Waals surface area contributed by atoms with E-state index in [0.717, 1.165) is 22.0 Å². The summed E-state index contributed by atoms with van der Waals surface area (Å²) in [5, 5.41) is 4.00. The standard InChI is InChI=1S/C24H29IN2O3/c1-2-3-4-5-6-7-8-13-23(28)27-26-18-19-14-16-20(17-15-19)30-24(29)21-11-9-10-12-22(21)25/h9-12,14-18H,2-8,13H2,1H3,(H,27,28). The molecule has 0 aliphatic heterocycles. The van der Waals surface area contributed by atoms with Crippen LogP contribution in [0.3, 0.4) is 0 Å². The molecule has 0 saturated heterocycles. The number of rotatable bonds is 12. The van der Waals surface area contributed by atoms with Crippen molar-refractivity contribution in [3.8, 4) is 5.75 Å². The van der Waals surface area contributed by atoms with Crippen LogP contribution in [0.2, 0.25) is 0 Å². The summed E-state index contributed by atoms with van der Waals surface area (Å²) in [7, 11) is 0. The molecule has 2 aromatic carbocycles. The van der Waals surface area contributed by atoms with Gasteiger partial charge in [-0.05, 0) is 71.0 Å². The van der Waals surface area contributed by atoms with E-state index < -0.39 is 0 Å². The molecule has 0 heterocycles. The minimum Gasteiger partial charge on any atom is -0.423 e. The lowest BCUT2D eigenvalue weighted by atomic mass is 10.1. The Balaban J connectivity index is 1.70. The molecule has 30 heavy (non-hydrogen) atoms. The van der Waals surface area contributed by atoms with Crippen LogP contribution in [0.5, 0.6) is 5.75 Å². The molecular formula is C24H29IN2O3. The Hall–Kier alpha value is -2.22. The fraction of sp³-hybridized carbons (Fsp3) is 0.375. The van der Waals surface area contributed by atoms with Crippen LogP contribution in [0, 0.1) is 3.57 Å². The van der Waals surface area contributed by atoms with E-state index in [1.54, 1.807) is 42.6 Å². The number of unbranched alkanes of at least 4 members (excludes halogenated alkanes) is 6. The molecule has 0 saturated carbocycles. The van der Waals surface area contributed by atoms with Gasteiger partial charge in [-0.1, -0.05) is 57.6 Å². The summed E-state index contributed by atoms with van der Waals surface area (Å²) in [5.74, 6) is 0.00152. The van der Waals surface area contributed by atoms with E-state index in [1.807, 2.05) is 12.1 Å². The minimum absolute atomic E-state index is 0.0668. The number of carbonyl (C=O) groups excluding carboxylic acids is 2. The first-order chi connectivity index (χ1) is 14.6. The molecule has 0 unspecified atom stereocenters. The summed E-state index contributed by atoms with van der Waals surface area (Å²) in [6.45, 7) is 2.21. The first-order valence-corrected chi connectivity index (χ1v) is 11.6. The van der Waals surface area contributed by atoms with E-state index in [1.165, 1.54) is 32.1 Å². The van der Waals surface area contributed by atoms with Crippen molar-refractivity contribution in [2.45, 2.75) is 58.3 Å². The largest absolute Gasteiger partial charge is 0.423 e. The lowest BCUT2D eigenvalue weighted by Gasteiger charge is -2.06. The number of hydrogen-bond acceptors (Lipinski definition) is 4. The molecular weight excluding hydrogens is 491 g/mol. The number of nitrogens with zero attached hydrogens (tertiary/aromatic N) is 1. The molecule has 0 atom stereocenters. The summed E-state index contributed by atoms with van der Waals surface area (Å²) >= 11 is 2.11. The molecule has 0 aliphatic rings. The number of benzene rings is 2. The zero-order valence-electron chi connectivity index (χ0n) is 17.4. The highest BCUT2D eigenvalue weighted by molar-refractivity contribution is 14.1. The third-order valence-electron chi connectivity index (χ3n) is 4.59. The Kier molecular flexibility index (Phi) is 11.1. The predicted octanol–water partition coefficient (Wildman–Crippen LogP) is 6.10. The highest BCUT2D eigenvalue weighted by Gasteiger charge is 2.11. The van der Waals surface area contributed by atoms with Gasteiger partial charge in [-0.25, -0.2) is 10.2 Å². The van der Waals surface area contributed by atoms with Gasteiger partial charge in [-0.3, -0.25) is 4.79 Å². The summed E-state index contributed by atoms with van der Waals surface area (Å²) in [5.41, 5.74) is 3.90. The van der Waals surface area contributed by atoms with Gasteiger partial charge >= 0.3 is 5.97 Å². The van der Waals surface area contributed by atoms with Crippen LogP contribution in [0.25, 0.3) is 0 Å². The monoisotopic (exact) mass is 520 g/mol. The van der Waals surface area contributed by atoms with Crippen molar-refractivity contribution >= 4 is 40.7 Å². The third-order valence-corrected chi connectivity index (χ3v) is 5.54. The maximum Gasteiger partial charge on any atom is 0.344 e. The van der Waals surface area contributed by atoms with Crippen molar-refractivity contribution in [1.29, 1.82) is 0 Å². The van der Waals surface area contributed by atoms with Crippen LogP contribution in [0.4, 0.5) is 0 Å². The lowest BCUT2D eigenvalue weighted by Crippen LogP contribution is -2.16. The summed E-state index contributed by atoms with van der Waals surface area (Å²) in [4.78, 5) is 24.1. The number of halogens is 1. The quantitative estimate of drug-likeness (QED) is 0.0919. The van der Waals surface area contributed by atoms with Gasteiger partial charge in [0.1, 0.15) is 5.75 Å². The fourth-order valence-electron chi connectivity index (χ4n) is 2.89. The van der Waals surface area contributed by atoms with Gasteiger partial charge in [0.15, 0.2) is 0 Å². The molecule has 1 N–H and O–H groups in total. The third kappa shape index (κ3) is 9.07. The predicted molar refractivity (Wildman–Crippen MR) is 129 cm³/mol. The normalized spacial score (nSPS) is 10.9. The van der Waals surface area contributed by atoms with E-state index in [0.29, 0.717) is 17.7 Å². The van der Waals surface area contributed by atoms with E-state index in [2.05, 4.69) is 40.0 Å². The molecule has 6 heteroatoms. The van der Waals surface area contributed by atoms with E-state index in [9.17, 15) is 9.59 Å². The fourth-order valence-corrected chi connectivity index (χ4v) is 3.50. The SMILES string of the molecule is CCCCCCCCCC(=O)NN=Cc1ccc(OC(=O)c2ccccc2I)cc1. The van der Waals surface area contributed by atoms with Crippen LogP contribution in [0.15, 0.2) is 53.6 Å². The average molecular weight is 520 g/mol. The Morgan fingerprint density at radius 2 is 1.63 bits per heavy atom. The zero-order valence-corrected chi connectivity index (χ0v) is 19.6. The van der Waals surface area contributed by atoms with Crippen LogP contribution in [-0.4, -0.2) is 18.1 Å². The molecule has 0 aliphatic carbocycles. The molecule has 0 bridgehead atoms. The smallest absolute Gasteiger partial charge is 0.344 e. The Bertz CT molecular complexity index is 835. The second-order valence-electron chi connectivity index (χ2n) is 7.10. The first kappa shape index (κ1) is 24.1. The minimum atomic E-state index is -0.390. The summed E-state index contributed by atoms with van der Waals surface area (Å²) in [6.07, 6.45) is 10.3. The van der Waals surface area contributed by atoms with Crippen molar-refractivity contribution < 1.29 is 14.3 Å². The topological polar surface area (TPSA) is 67.8 Å². The van der Waals surface area contributed by atoms with Crippen molar-refractivity contribution in [1.82, 2.24) is 5.43 Å². The van der Waals surface area contributed by atoms with E-state index >= 15 is 0 Å². The van der Waals surface area contributed by atoms with Crippen LogP contribution in [-0.2, 0) is 4.79 Å². The van der Waals surface area contributed by atoms with E-state index in [-0.39, 0.29) is 11.9 Å². The molecule has 0 spiro atoms. The maximum absolute atomic E-state index is 12.2. The molecule has 1 amide bonds. The number of hydrogen-bond donors (Lipinski definition) is 1. The highest BCUT2D eigenvalue weighted by atomic mass is 127. The van der Waals surface area contributed by atoms with Crippen molar-refractivity contribution in [2.75, 3.05) is 0 Å². The number of amides is 1. The number of esters is 1. The van der Waals surface area contributed by atoms with Gasteiger partial charge in [0.25, 0.3) is 0 Å². The van der Waals surface area contributed by atoms with Gasteiger partial charge in [-0.2, -0.15) is 5.10 Å². The number of ether oxygens (including phenoxy) is 1. The van der Waals surface area contributed by atoms with Gasteiger partial charge in [-0.15, -0.1) is 0 Å². The Labute approximate surface area is 192 Å². The molecule has 0 radical (unpaired) electrons. The second kappa shape index (κ2) is 13.9. The molecule has 2 aromatic rings. The second-order valence-corrected chi connectivity index (χ2v) is 8.27. The summed E-state index contributed by atoms with van der Waals surface area (Å²) in [6, 6.07) is 14.2. The first-order valence-electron chi connectivity index (χ1n) is 10.5. The molecule has 2 rings (SSSR count).